The lowest BCUT2D eigenvalue weighted by Gasteiger charge is -2.13. The van der Waals surface area contributed by atoms with Crippen molar-refractivity contribution in [3.63, 3.8) is 0 Å². The van der Waals surface area contributed by atoms with Gasteiger partial charge in [-0.05, 0) is 31.4 Å². The van der Waals surface area contributed by atoms with E-state index in [1.54, 1.807) is 25.4 Å². The highest BCUT2D eigenvalue weighted by Crippen LogP contribution is 2.26. The number of ether oxygens (including phenoxy) is 1. The zero-order chi connectivity index (χ0) is 15.2. The van der Waals surface area contributed by atoms with Gasteiger partial charge in [-0.3, -0.25) is 9.78 Å². The van der Waals surface area contributed by atoms with Crippen LogP contribution >= 0.6 is 0 Å². The number of esters is 1. The van der Waals surface area contributed by atoms with Gasteiger partial charge in [0, 0.05) is 18.0 Å². The Labute approximate surface area is 123 Å². The van der Waals surface area contributed by atoms with E-state index < -0.39 is 5.92 Å². The predicted molar refractivity (Wildman–Crippen MR) is 76.4 cm³/mol. The fourth-order valence-electron chi connectivity index (χ4n) is 2.00. The first kappa shape index (κ1) is 15.2. The number of hydrogen-bond acceptors (Lipinski definition) is 6. The van der Waals surface area contributed by atoms with Gasteiger partial charge >= 0.3 is 5.97 Å². The van der Waals surface area contributed by atoms with Crippen LogP contribution in [0.3, 0.4) is 0 Å². The van der Waals surface area contributed by atoms with Crippen LogP contribution in [-0.2, 0) is 9.53 Å². The summed E-state index contributed by atoms with van der Waals surface area (Å²) in [4.78, 5) is 20.4. The third kappa shape index (κ3) is 3.87. The summed E-state index contributed by atoms with van der Waals surface area (Å²) in [5.74, 6) is 0.181. The topological polar surface area (TPSA) is 78.1 Å². The van der Waals surface area contributed by atoms with Gasteiger partial charge in [-0.15, -0.1) is 0 Å². The van der Waals surface area contributed by atoms with Crippen molar-refractivity contribution in [3.8, 4) is 11.4 Å². The second kappa shape index (κ2) is 6.97. The molecule has 0 amide bonds. The molecule has 1 atom stereocenters. The molecule has 0 aliphatic carbocycles. The van der Waals surface area contributed by atoms with Crippen LogP contribution in [0.5, 0.6) is 0 Å². The number of hydrogen-bond donors (Lipinski definition) is 0. The molecular formula is C15H19N3O3. The lowest BCUT2D eigenvalue weighted by molar-refractivity contribution is -0.146. The molecule has 0 aromatic carbocycles. The van der Waals surface area contributed by atoms with Crippen molar-refractivity contribution in [3.05, 3.63) is 30.4 Å². The molecule has 2 aromatic rings. The Kier molecular flexibility index (Phi) is 5.03. The maximum atomic E-state index is 12.1. The van der Waals surface area contributed by atoms with Crippen LogP contribution < -0.4 is 0 Å². The maximum absolute atomic E-state index is 12.1. The average molecular weight is 289 g/mol. The Morgan fingerprint density at radius 2 is 2.24 bits per heavy atom. The van der Waals surface area contributed by atoms with Crippen LogP contribution in [0.2, 0.25) is 0 Å². The van der Waals surface area contributed by atoms with Crippen molar-refractivity contribution >= 4 is 5.97 Å². The van der Waals surface area contributed by atoms with Crippen molar-refractivity contribution in [2.75, 3.05) is 6.61 Å². The number of aromatic nitrogens is 3. The average Bonchev–Trinajstić information content (AvgIpc) is 2.95. The molecule has 0 aliphatic rings. The molecule has 2 aromatic heterocycles. The first-order valence-corrected chi connectivity index (χ1v) is 7.02. The largest absolute Gasteiger partial charge is 0.465 e. The normalized spacial score (nSPS) is 12.4. The summed E-state index contributed by atoms with van der Waals surface area (Å²) in [5.41, 5.74) is 0.750. The zero-order valence-corrected chi connectivity index (χ0v) is 12.4. The van der Waals surface area contributed by atoms with E-state index in [2.05, 4.69) is 15.1 Å². The van der Waals surface area contributed by atoms with Crippen LogP contribution in [0.25, 0.3) is 11.4 Å². The highest BCUT2D eigenvalue weighted by atomic mass is 16.5. The molecule has 0 fully saturated rings. The summed E-state index contributed by atoms with van der Waals surface area (Å²) in [6, 6.07) is 3.63. The first-order valence-electron chi connectivity index (χ1n) is 7.02. The summed E-state index contributed by atoms with van der Waals surface area (Å²) >= 11 is 0. The van der Waals surface area contributed by atoms with E-state index in [9.17, 15) is 4.79 Å². The molecule has 6 heteroatoms. The zero-order valence-electron chi connectivity index (χ0n) is 12.4. The number of carbonyl (C=O) groups is 1. The molecule has 1 unspecified atom stereocenters. The molecule has 0 saturated carbocycles. The van der Waals surface area contributed by atoms with Crippen molar-refractivity contribution in [1.29, 1.82) is 0 Å². The van der Waals surface area contributed by atoms with Gasteiger partial charge in [-0.1, -0.05) is 19.0 Å². The first-order chi connectivity index (χ1) is 10.1. The van der Waals surface area contributed by atoms with Gasteiger partial charge in [0.05, 0.1) is 6.61 Å². The molecule has 21 heavy (non-hydrogen) atoms. The van der Waals surface area contributed by atoms with Gasteiger partial charge in [-0.2, -0.15) is 4.98 Å². The Hall–Kier alpha value is -2.24. The van der Waals surface area contributed by atoms with E-state index >= 15 is 0 Å². The molecule has 0 N–H and O–H groups in total. The van der Waals surface area contributed by atoms with Crippen molar-refractivity contribution in [1.82, 2.24) is 15.1 Å². The van der Waals surface area contributed by atoms with Crippen molar-refractivity contribution in [2.45, 2.75) is 33.1 Å². The van der Waals surface area contributed by atoms with E-state index in [-0.39, 0.29) is 5.97 Å². The fraction of sp³-hybridized carbons (Fsp3) is 0.467. The molecule has 0 aliphatic heterocycles. The summed E-state index contributed by atoms with van der Waals surface area (Å²) in [6.45, 7) is 6.17. The molecule has 6 nitrogen and oxygen atoms in total. The Morgan fingerprint density at radius 3 is 2.86 bits per heavy atom. The Bertz CT molecular complexity index is 581. The molecule has 2 heterocycles. The molecule has 0 bridgehead atoms. The summed E-state index contributed by atoms with van der Waals surface area (Å²) < 4.78 is 10.4. The van der Waals surface area contributed by atoms with Crippen LogP contribution in [-0.4, -0.2) is 27.7 Å². The van der Waals surface area contributed by atoms with Crippen molar-refractivity contribution < 1.29 is 14.1 Å². The summed E-state index contributed by atoms with van der Waals surface area (Å²) in [6.07, 6.45) is 3.93. The van der Waals surface area contributed by atoms with Crippen LogP contribution in [0.4, 0.5) is 0 Å². The second-order valence-electron chi connectivity index (χ2n) is 5.13. The molecule has 0 spiro atoms. The van der Waals surface area contributed by atoms with Crippen molar-refractivity contribution in [2.24, 2.45) is 5.92 Å². The van der Waals surface area contributed by atoms with Gasteiger partial charge in [-0.25, -0.2) is 0 Å². The lowest BCUT2D eigenvalue weighted by atomic mass is 9.97. The maximum Gasteiger partial charge on any atom is 0.318 e. The molecule has 2 rings (SSSR count). The standard InChI is InChI=1S/C15H19N3O3/c1-4-20-15(19)12(8-10(2)3)14-17-13(18-21-14)11-6-5-7-16-9-11/h5-7,9-10,12H,4,8H2,1-3H3. The van der Waals surface area contributed by atoms with E-state index in [0.717, 1.165) is 5.56 Å². The summed E-state index contributed by atoms with van der Waals surface area (Å²) in [5, 5.41) is 3.92. The Morgan fingerprint density at radius 1 is 1.43 bits per heavy atom. The third-order valence-electron chi connectivity index (χ3n) is 2.94. The van der Waals surface area contributed by atoms with Crippen LogP contribution in [0, 0.1) is 5.92 Å². The van der Waals surface area contributed by atoms with Gasteiger partial charge < -0.3 is 9.26 Å². The molecule has 112 valence electrons. The fourth-order valence-corrected chi connectivity index (χ4v) is 2.00. The van der Waals surface area contributed by atoms with Crippen LogP contribution in [0.1, 0.15) is 39.0 Å². The lowest BCUT2D eigenvalue weighted by Crippen LogP contribution is -2.18. The smallest absolute Gasteiger partial charge is 0.318 e. The molecule has 0 saturated heterocycles. The van der Waals surface area contributed by atoms with Crippen LogP contribution in [0.15, 0.2) is 29.0 Å². The molecular weight excluding hydrogens is 270 g/mol. The number of nitrogens with zero attached hydrogens (tertiary/aromatic N) is 3. The molecule has 0 radical (unpaired) electrons. The van der Waals surface area contributed by atoms with Gasteiger partial charge in [0.15, 0.2) is 0 Å². The second-order valence-corrected chi connectivity index (χ2v) is 5.13. The number of carbonyl (C=O) groups excluding carboxylic acids is 1. The highest BCUT2D eigenvalue weighted by molar-refractivity contribution is 5.77. The predicted octanol–water partition coefficient (Wildman–Crippen LogP) is 2.82. The highest BCUT2D eigenvalue weighted by Gasteiger charge is 2.29. The SMILES string of the molecule is CCOC(=O)C(CC(C)C)c1nc(-c2cccnc2)no1. The summed E-state index contributed by atoms with van der Waals surface area (Å²) in [7, 11) is 0. The minimum atomic E-state index is -0.525. The van der Waals surface area contributed by atoms with Gasteiger partial charge in [0.2, 0.25) is 11.7 Å². The minimum Gasteiger partial charge on any atom is -0.465 e. The number of rotatable bonds is 6. The van der Waals surface area contributed by atoms with E-state index in [1.807, 2.05) is 19.9 Å². The van der Waals surface area contributed by atoms with Gasteiger partial charge in [0.25, 0.3) is 0 Å². The number of pyridine rings is 1. The van der Waals surface area contributed by atoms with E-state index in [4.69, 9.17) is 9.26 Å². The third-order valence-corrected chi connectivity index (χ3v) is 2.94. The minimum absolute atomic E-state index is 0.293. The van der Waals surface area contributed by atoms with Gasteiger partial charge in [0.1, 0.15) is 5.92 Å². The Balaban J connectivity index is 2.25. The van der Waals surface area contributed by atoms with E-state index in [1.165, 1.54) is 0 Å². The van der Waals surface area contributed by atoms with E-state index in [0.29, 0.717) is 30.7 Å². The quantitative estimate of drug-likeness (QED) is 0.761. The monoisotopic (exact) mass is 289 g/mol.